The van der Waals surface area contributed by atoms with E-state index >= 15 is 0 Å². The number of nitrogens with zero attached hydrogens (tertiary/aromatic N) is 6. The first-order valence-electron chi connectivity index (χ1n) is 23.4. The molecule has 14 aromatic rings. The third kappa shape index (κ3) is 6.16. The standard InChI is InChI=1S/C63H40N6/c1-4-18-41(19-5-1)42-32-34-43(35-33-42)47-24-10-14-28-54(47)68-56-30-16-11-25-48(56)51-37-38-52-49-26-12-17-31-57(49)69(60(52)59(51)68)63-65-61(44-20-6-2-7-21-44)64-62(66-63)45-36-39-58-53(40-45)50-27-13-15-29-55(50)67(58)46-22-8-3-9-23-46/h1-40H. The van der Waals surface area contributed by atoms with Crippen LogP contribution in [0.1, 0.15) is 0 Å². The number of aromatic nitrogens is 6. The van der Waals surface area contributed by atoms with Crippen molar-refractivity contribution in [1.82, 2.24) is 28.7 Å². The fraction of sp³-hybridized carbons (Fsp3) is 0. The summed E-state index contributed by atoms with van der Waals surface area (Å²) in [4.78, 5) is 16.2. The lowest BCUT2D eigenvalue weighted by Crippen LogP contribution is -2.07. The van der Waals surface area contributed by atoms with E-state index in [-0.39, 0.29) is 0 Å². The van der Waals surface area contributed by atoms with E-state index in [1.807, 2.05) is 18.2 Å². The van der Waals surface area contributed by atoms with Crippen LogP contribution in [-0.4, -0.2) is 28.7 Å². The average Bonchev–Trinajstić information content (AvgIpc) is 4.07. The molecule has 0 atom stereocenters. The summed E-state index contributed by atoms with van der Waals surface area (Å²) >= 11 is 0. The molecule has 0 saturated heterocycles. The van der Waals surface area contributed by atoms with Gasteiger partial charge in [-0.3, -0.25) is 4.57 Å². The molecular formula is C63H40N6. The monoisotopic (exact) mass is 880 g/mol. The summed E-state index contributed by atoms with van der Waals surface area (Å²) in [6.07, 6.45) is 0. The Hall–Kier alpha value is -9.39. The highest BCUT2D eigenvalue weighted by atomic mass is 15.2. The molecule has 14 rings (SSSR count). The molecule has 0 aliphatic carbocycles. The maximum absolute atomic E-state index is 5.51. The van der Waals surface area contributed by atoms with Crippen LogP contribution in [0.3, 0.4) is 0 Å². The lowest BCUT2D eigenvalue weighted by atomic mass is 9.99. The fourth-order valence-corrected chi connectivity index (χ4v) is 10.6. The molecule has 69 heavy (non-hydrogen) atoms. The summed E-state index contributed by atoms with van der Waals surface area (Å²) in [6, 6.07) is 86.3. The molecule has 0 spiro atoms. The molecular weight excluding hydrogens is 841 g/mol. The van der Waals surface area contributed by atoms with E-state index in [2.05, 4.69) is 238 Å². The van der Waals surface area contributed by atoms with Gasteiger partial charge in [0.1, 0.15) is 0 Å². The van der Waals surface area contributed by atoms with E-state index in [9.17, 15) is 0 Å². The molecule has 4 heterocycles. The largest absolute Gasteiger partial charge is 0.309 e. The van der Waals surface area contributed by atoms with Gasteiger partial charge in [-0.15, -0.1) is 0 Å². The zero-order valence-corrected chi connectivity index (χ0v) is 37.3. The SMILES string of the molecule is c1ccc(-c2ccc(-c3ccccc3-n3c4ccccc4c4ccc5c6ccccc6n(-c6nc(-c7ccccc7)nc(-c7ccc8c(c7)c7ccccc7n8-c7ccccc7)n6)c5c43)cc2)cc1. The van der Waals surface area contributed by atoms with Crippen molar-refractivity contribution >= 4 is 65.4 Å². The second-order valence-electron chi connectivity index (χ2n) is 17.6. The van der Waals surface area contributed by atoms with E-state index in [1.54, 1.807) is 0 Å². The molecule has 0 amide bonds. The molecule has 10 aromatic carbocycles. The smallest absolute Gasteiger partial charge is 0.238 e. The average molecular weight is 881 g/mol. The van der Waals surface area contributed by atoms with Crippen molar-refractivity contribution in [1.29, 1.82) is 0 Å². The molecule has 0 unspecified atom stereocenters. The first-order valence-corrected chi connectivity index (χ1v) is 23.4. The van der Waals surface area contributed by atoms with E-state index in [4.69, 9.17) is 15.0 Å². The molecule has 0 radical (unpaired) electrons. The van der Waals surface area contributed by atoms with Crippen LogP contribution in [0.15, 0.2) is 243 Å². The predicted molar refractivity (Wildman–Crippen MR) is 285 cm³/mol. The summed E-state index contributed by atoms with van der Waals surface area (Å²) in [5.41, 5.74) is 15.2. The minimum absolute atomic E-state index is 0.547. The molecule has 0 fully saturated rings. The lowest BCUT2D eigenvalue weighted by Gasteiger charge is -2.16. The number of benzene rings is 10. The highest BCUT2D eigenvalue weighted by Gasteiger charge is 2.25. The molecule has 0 aliphatic heterocycles. The zero-order valence-electron chi connectivity index (χ0n) is 37.3. The van der Waals surface area contributed by atoms with Crippen LogP contribution in [-0.2, 0) is 0 Å². The maximum Gasteiger partial charge on any atom is 0.238 e. The van der Waals surface area contributed by atoms with Crippen molar-refractivity contribution < 1.29 is 0 Å². The summed E-state index contributed by atoms with van der Waals surface area (Å²) in [5, 5.41) is 6.85. The molecule has 0 bridgehead atoms. The molecule has 322 valence electrons. The molecule has 0 N–H and O–H groups in total. The topological polar surface area (TPSA) is 53.5 Å². The molecule has 4 aromatic heterocycles. The maximum atomic E-state index is 5.51. The normalized spacial score (nSPS) is 11.8. The van der Waals surface area contributed by atoms with Crippen LogP contribution in [0, 0.1) is 0 Å². The van der Waals surface area contributed by atoms with E-state index in [0.29, 0.717) is 17.6 Å². The van der Waals surface area contributed by atoms with E-state index in [0.717, 1.165) is 88.3 Å². The van der Waals surface area contributed by atoms with Crippen LogP contribution in [0.2, 0.25) is 0 Å². The number of fused-ring (bicyclic) bond motifs is 10. The number of rotatable bonds is 7. The zero-order chi connectivity index (χ0) is 45.4. The molecule has 0 aliphatic rings. The lowest BCUT2D eigenvalue weighted by molar-refractivity contribution is 0.953. The van der Waals surface area contributed by atoms with E-state index < -0.39 is 0 Å². The summed E-state index contributed by atoms with van der Waals surface area (Å²) in [6.45, 7) is 0. The van der Waals surface area contributed by atoms with Crippen molar-refractivity contribution in [3.8, 4) is 62.4 Å². The number of para-hydroxylation sites is 5. The quantitative estimate of drug-likeness (QED) is 0.160. The van der Waals surface area contributed by atoms with Crippen molar-refractivity contribution in [3.63, 3.8) is 0 Å². The number of hydrogen-bond donors (Lipinski definition) is 0. The van der Waals surface area contributed by atoms with Gasteiger partial charge in [0.25, 0.3) is 0 Å². The van der Waals surface area contributed by atoms with Gasteiger partial charge in [-0.1, -0.05) is 188 Å². The fourth-order valence-electron chi connectivity index (χ4n) is 10.6. The highest BCUT2D eigenvalue weighted by Crippen LogP contribution is 2.44. The molecule has 6 heteroatoms. The van der Waals surface area contributed by atoms with Crippen molar-refractivity contribution in [3.05, 3.63) is 243 Å². The van der Waals surface area contributed by atoms with Gasteiger partial charge in [0.05, 0.1) is 38.8 Å². The van der Waals surface area contributed by atoms with Gasteiger partial charge in [-0.05, 0) is 71.3 Å². The minimum Gasteiger partial charge on any atom is -0.309 e. The van der Waals surface area contributed by atoms with Gasteiger partial charge in [0.15, 0.2) is 11.6 Å². The predicted octanol–water partition coefficient (Wildman–Crippen LogP) is 15.8. The third-order valence-corrected chi connectivity index (χ3v) is 13.7. The van der Waals surface area contributed by atoms with Crippen molar-refractivity contribution in [2.75, 3.05) is 0 Å². The number of hydrogen-bond acceptors (Lipinski definition) is 3. The first-order chi connectivity index (χ1) is 34.2. The van der Waals surface area contributed by atoms with Gasteiger partial charge in [0.2, 0.25) is 5.95 Å². The molecule has 0 saturated carbocycles. The van der Waals surface area contributed by atoms with Crippen LogP contribution in [0.4, 0.5) is 0 Å². The third-order valence-electron chi connectivity index (χ3n) is 13.7. The van der Waals surface area contributed by atoms with Gasteiger partial charge >= 0.3 is 0 Å². The highest BCUT2D eigenvalue weighted by molar-refractivity contribution is 6.24. The van der Waals surface area contributed by atoms with Crippen LogP contribution < -0.4 is 0 Å². The Bertz CT molecular complexity index is 4280. The first kappa shape index (κ1) is 38.8. The summed E-state index contributed by atoms with van der Waals surface area (Å²) in [5.74, 6) is 1.75. The Kier molecular flexibility index (Phi) is 8.79. The second kappa shape index (κ2) is 15.6. The van der Waals surface area contributed by atoms with Gasteiger partial charge in [-0.25, -0.2) is 4.98 Å². The minimum atomic E-state index is 0.547. The van der Waals surface area contributed by atoms with Gasteiger partial charge in [-0.2, -0.15) is 9.97 Å². The summed E-state index contributed by atoms with van der Waals surface area (Å²) in [7, 11) is 0. The van der Waals surface area contributed by atoms with E-state index in [1.165, 1.54) is 21.9 Å². The Morgan fingerprint density at radius 2 is 0.710 bits per heavy atom. The van der Waals surface area contributed by atoms with Gasteiger partial charge in [0, 0.05) is 54.7 Å². The van der Waals surface area contributed by atoms with Crippen molar-refractivity contribution in [2.24, 2.45) is 0 Å². The van der Waals surface area contributed by atoms with Crippen LogP contribution in [0.5, 0.6) is 0 Å². The Morgan fingerprint density at radius 1 is 0.261 bits per heavy atom. The Morgan fingerprint density at radius 3 is 1.38 bits per heavy atom. The summed E-state index contributed by atoms with van der Waals surface area (Å²) < 4.78 is 7.07. The molecule has 6 nitrogen and oxygen atoms in total. The van der Waals surface area contributed by atoms with Gasteiger partial charge < -0.3 is 9.13 Å². The second-order valence-corrected chi connectivity index (χ2v) is 17.6. The van der Waals surface area contributed by atoms with Crippen molar-refractivity contribution in [2.45, 2.75) is 0 Å². The Balaban J connectivity index is 1.04. The van der Waals surface area contributed by atoms with Crippen LogP contribution in [0.25, 0.3) is 128 Å². The van der Waals surface area contributed by atoms with Crippen LogP contribution >= 0.6 is 0 Å². The Labute approximate surface area is 397 Å².